The normalized spacial score (nSPS) is 15.2. The summed E-state index contributed by atoms with van der Waals surface area (Å²) in [4.78, 5) is 17.1. The van der Waals surface area contributed by atoms with Crippen LogP contribution in [0.1, 0.15) is 10.4 Å². The molecule has 0 aromatic carbocycles. The Hall–Kier alpha value is -1.89. The molecule has 0 radical (unpaired) electrons. The number of nitrogens with two attached hydrogens (primary N) is 1. The number of hydrogen-bond donors (Lipinski definition) is 3. The highest BCUT2D eigenvalue weighted by molar-refractivity contribution is 7.80. The second-order valence-electron chi connectivity index (χ2n) is 3.30. The van der Waals surface area contributed by atoms with E-state index >= 15 is 0 Å². The van der Waals surface area contributed by atoms with E-state index in [1.807, 2.05) is 4.90 Å². The fraction of sp³-hybridized carbons (Fsp3) is 0.222. The highest BCUT2D eigenvalue weighted by Crippen LogP contribution is 2.17. The number of aromatic nitrogens is 1. The average Bonchev–Trinajstić information content (AvgIpc) is 2.30. The summed E-state index contributed by atoms with van der Waals surface area (Å²) >= 11 is 4.94. The van der Waals surface area contributed by atoms with Crippen molar-refractivity contribution in [2.45, 2.75) is 0 Å². The van der Waals surface area contributed by atoms with Crippen molar-refractivity contribution in [3.05, 3.63) is 24.0 Å². The van der Waals surface area contributed by atoms with Crippen LogP contribution in [0.2, 0.25) is 0 Å². The number of thiocarbonyl (C=S) groups is 1. The van der Waals surface area contributed by atoms with Crippen LogP contribution < -0.4 is 21.3 Å². The highest BCUT2D eigenvalue weighted by atomic mass is 32.1. The van der Waals surface area contributed by atoms with Crippen molar-refractivity contribution in [2.75, 3.05) is 18.2 Å². The first-order chi connectivity index (χ1) is 7.68. The second-order valence-corrected chi connectivity index (χ2v) is 3.70. The summed E-state index contributed by atoms with van der Waals surface area (Å²) in [5.41, 5.74) is 6.43. The lowest BCUT2D eigenvalue weighted by Crippen LogP contribution is -2.54. The molecule has 0 spiro atoms. The van der Waals surface area contributed by atoms with Crippen LogP contribution in [-0.4, -0.2) is 29.3 Å². The number of rotatable bonds is 2. The fourth-order valence-electron chi connectivity index (χ4n) is 1.47. The Balaban J connectivity index is 2.26. The number of nitrogens with zero attached hydrogens (tertiary/aromatic N) is 2. The van der Waals surface area contributed by atoms with Crippen molar-refractivity contribution in [3.8, 4) is 0 Å². The largest absolute Gasteiger partial charge is 0.366 e. The molecule has 0 saturated carbocycles. The van der Waals surface area contributed by atoms with Crippen LogP contribution in [0.3, 0.4) is 0 Å². The number of amides is 1. The number of anilines is 1. The van der Waals surface area contributed by atoms with Crippen molar-refractivity contribution >= 4 is 28.9 Å². The van der Waals surface area contributed by atoms with E-state index in [0.717, 1.165) is 0 Å². The Morgan fingerprint density at radius 3 is 2.81 bits per heavy atom. The number of carbonyl (C=O) groups is 1. The first kappa shape index (κ1) is 10.6. The molecular weight excluding hydrogens is 226 g/mol. The zero-order valence-electron chi connectivity index (χ0n) is 8.43. The molecule has 2 heterocycles. The van der Waals surface area contributed by atoms with E-state index < -0.39 is 5.91 Å². The molecule has 1 saturated heterocycles. The molecule has 1 fully saturated rings. The van der Waals surface area contributed by atoms with Crippen molar-refractivity contribution < 1.29 is 4.79 Å². The van der Waals surface area contributed by atoms with E-state index in [1.165, 1.54) is 0 Å². The van der Waals surface area contributed by atoms with Crippen LogP contribution in [0.5, 0.6) is 0 Å². The van der Waals surface area contributed by atoms with E-state index in [9.17, 15) is 4.79 Å². The lowest BCUT2D eigenvalue weighted by atomic mass is 10.2. The molecule has 2 rings (SSSR count). The summed E-state index contributed by atoms with van der Waals surface area (Å²) in [5, 5.41) is 6.52. The van der Waals surface area contributed by atoms with Crippen molar-refractivity contribution in [1.82, 2.24) is 15.6 Å². The third-order valence-corrected chi connectivity index (χ3v) is 2.56. The molecule has 4 N–H and O–H groups in total. The van der Waals surface area contributed by atoms with Crippen LogP contribution in [0.4, 0.5) is 5.69 Å². The van der Waals surface area contributed by atoms with Crippen LogP contribution in [0.15, 0.2) is 18.5 Å². The zero-order chi connectivity index (χ0) is 11.5. The lowest BCUT2D eigenvalue weighted by Gasteiger charge is -2.31. The van der Waals surface area contributed by atoms with Crippen molar-refractivity contribution in [1.29, 1.82) is 0 Å². The van der Waals surface area contributed by atoms with Gasteiger partial charge >= 0.3 is 0 Å². The zero-order valence-corrected chi connectivity index (χ0v) is 9.25. The van der Waals surface area contributed by atoms with Gasteiger partial charge in [-0.25, -0.2) is 0 Å². The predicted molar refractivity (Wildman–Crippen MR) is 63.8 cm³/mol. The minimum Gasteiger partial charge on any atom is -0.366 e. The summed E-state index contributed by atoms with van der Waals surface area (Å²) < 4.78 is 0. The number of pyridine rings is 1. The van der Waals surface area contributed by atoms with Gasteiger partial charge in [0.1, 0.15) is 0 Å². The van der Waals surface area contributed by atoms with E-state index in [4.69, 9.17) is 18.0 Å². The second kappa shape index (κ2) is 4.31. The Labute approximate surface area is 97.8 Å². The minimum atomic E-state index is -0.467. The monoisotopic (exact) mass is 237 g/mol. The molecule has 0 atom stereocenters. The summed E-state index contributed by atoms with van der Waals surface area (Å²) in [5.74, 6) is -0.467. The standard InChI is InChI=1S/C9H11N5OS/c10-8(15)6-1-2-11-3-7(6)14-4-12-9(16)13-5-14/h1-3H,4-5H2,(H2,10,15)(H2,12,13,16). The molecular formula is C9H11N5OS. The van der Waals surface area contributed by atoms with Gasteiger partial charge in [0.05, 0.1) is 30.8 Å². The Morgan fingerprint density at radius 1 is 1.50 bits per heavy atom. The molecule has 1 aliphatic heterocycles. The molecule has 84 valence electrons. The summed E-state index contributed by atoms with van der Waals surface area (Å²) in [6.45, 7) is 1.05. The molecule has 1 aliphatic rings. The van der Waals surface area contributed by atoms with E-state index in [1.54, 1.807) is 18.5 Å². The van der Waals surface area contributed by atoms with Gasteiger partial charge in [-0.15, -0.1) is 0 Å². The average molecular weight is 237 g/mol. The quantitative estimate of drug-likeness (QED) is 0.595. The molecule has 1 amide bonds. The summed E-state index contributed by atoms with van der Waals surface area (Å²) in [6, 6.07) is 1.60. The number of nitrogens with one attached hydrogen (secondary N) is 2. The number of carbonyl (C=O) groups excluding carboxylic acids is 1. The third-order valence-electron chi connectivity index (χ3n) is 2.27. The number of hydrogen-bond acceptors (Lipinski definition) is 4. The topological polar surface area (TPSA) is 83.3 Å². The van der Waals surface area contributed by atoms with Gasteiger partial charge in [0.25, 0.3) is 5.91 Å². The maximum Gasteiger partial charge on any atom is 0.250 e. The van der Waals surface area contributed by atoms with Crippen LogP contribution in [-0.2, 0) is 0 Å². The van der Waals surface area contributed by atoms with Gasteiger partial charge in [-0.1, -0.05) is 0 Å². The van der Waals surface area contributed by atoms with Gasteiger partial charge < -0.3 is 21.3 Å². The third kappa shape index (κ3) is 2.03. The molecule has 7 heteroatoms. The van der Waals surface area contributed by atoms with Gasteiger partial charge in [0.15, 0.2) is 5.11 Å². The SMILES string of the molecule is NC(=O)c1ccncc1N1CNC(=S)NC1. The van der Waals surface area contributed by atoms with Gasteiger partial charge in [0.2, 0.25) is 0 Å². The Morgan fingerprint density at radius 2 is 2.19 bits per heavy atom. The highest BCUT2D eigenvalue weighted by Gasteiger charge is 2.17. The molecule has 1 aromatic rings. The first-order valence-electron chi connectivity index (χ1n) is 4.69. The summed E-state index contributed by atoms with van der Waals surface area (Å²) in [6.07, 6.45) is 3.15. The lowest BCUT2D eigenvalue weighted by molar-refractivity contribution is 0.100. The maximum atomic E-state index is 11.2. The molecule has 1 aromatic heterocycles. The Bertz CT molecular complexity index is 426. The van der Waals surface area contributed by atoms with E-state index in [-0.39, 0.29) is 0 Å². The van der Waals surface area contributed by atoms with Gasteiger partial charge in [-0.3, -0.25) is 9.78 Å². The Kier molecular flexibility index (Phi) is 2.86. The van der Waals surface area contributed by atoms with Crippen molar-refractivity contribution in [2.24, 2.45) is 5.73 Å². The van der Waals surface area contributed by atoms with E-state index in [2.05, 4.69) is 15.6 Å². The van der Waals surface area contributed by atoms with Gasteiger partial charge in [-0.05, 0) is 18.3 Å². The maximum absolute atomic E-state index is 11.2. The number of primary amides is 1. The smallest absolute Gasteiger partial charge is 0.250 e. The first-order valence-corrected chi connectivity index (χ1v) is 5.10. The molecule has 0 bridgehead atoms. The molecule has 0 aliphatic carbocycles. The summed E-state index contributed by atoms with van der Waals surface area (Å²) in [7, 11) is 0. The predicted octanol–water partition coefficient (Wildman–Crippen LogP) is -0.620. The van der Waals surface area contributed by atoms with E-state index in [0.29, 0.717) is 29.7 Å². The van der Waals surface area contributed by atoms with Crippen LogP contribution >= 0.6 is 12.2 Å². The molecule has 16 heavy (non-hydrogen) atoms. The fourth-order valence-corrected chi connectivity index (χ4v) is 1.60. The van der Waals surface area contributed by atoms with Crippen molar-refractivity contribution in [3.63, 3.8) is 0 Å². The molecule has 6 nitrogen and oxygen atoms in total. The van der Waals surface area contributed by atoms with Crippen LogP contribution in [0, 0.1) is 0 Å². The van der Waals surface area contributed by atoms with Gasteiger partial charge in [-0.2, -0.15) is 0 Å². The van der Waals surface area contributed by atoms with Crippen LogP contribution in [0.25, 0.3) is 0 Å². The van der Waals surface area contributed by atoms with Gasteiger partial charge in [0, 0.05) is 6.20 Å². The minimum absolute atomic E-state index is 0.450. The molecule has 0 unspecified atom stereocenters.